The summed E-state index contributed by atoms with van der Waals surface area (Å²) in [7, 11) is 1.61. The van der Waals surface area contributed by atoms with Crippen molar-refractivity contribution in [2.75, 3.05) is 7.11 Å². The van der Waals surface area contributed by atoms with Crippen LogP contribution in [0.3, 0.4) is 0 Å². The van der Waals surface area contributed by atoms with Gasteiger partial charge in [-0.2, -0.15) is 5.10 Å². The van der Waals surface area contributed by atoms with Gasteiger partial charge in [-0.1, -0.05) is 36.3 Å². The van der Waals surface area contributed by atoms with Gasteiger partial charge in [0.2, 0.25) is 5.91 Å². The van der Waals surface area contributed by atoms with E-state index >= 15 is 0 Å². The number of ether oxygens (including phenoxy) is 1. The van der Waals surface area contributed by atoms with Crippen LogP contribution in [0.2, 0.25) is 0 Å². The molecule has 26 heavy (non-hydrogen) atoms. The Balaban J connectivity index is 1.67. The highest BCUT2D eigenvalue weighted by molar-refractivity contribution is 5.99. The average molecular weight is 345 g/mol. The smallest absolute Gasteiger partial charge is 0.244 e. The normalized spacial score (nSPS) is 10.8. The minimum Gasteiger partial charge on any atom is -0.497 e. The summed E-state index contributed by atoms with van der Waals surface area (Å²) in [5, 5.41) is 5.12. The summed E-state index contributed by atoms with van der Waals surface area (Å²) in [4.78, 5) is 12.0. The van der Waals surface area contributed by atoms with E-state index in [1.54, 1.807) is 13.3 Å². The molecule has 0 saturated carbocycles. The van der Waals surface area contributed by atoms with Crippen LogP contribution in [0.25, 0.3) is 10.9 Å². The van der Waals surface area contributed by atoms with E-state index in [0.29, 0.717) is 6.54 Å². The van der Waals surface area contributed by atoms with Crippen LogP contribution < -0.4 is 10.2 Å². The SMILES string of the molecule is C#CCn1cc(/C=N\NC(=O)Cc2ccc(OC)cc2)c2ccccc21. The number of rotatable bonds is 6. The topological polar surface area (TPSA) is 55.6 Å². The quantitative estimate of drug-likeness (QED) is 0.424. The van der Waals surface area contributed by atoms with Gasteiger partial charge in [-0.05, 0) is 23.8 Å². The molecular formula is C21H19N3O2. The summed E-state index contributed by atoms with van der Waals surface area (Å²) >= 11 is 0. The Morgan fingerprint density at radius 3 is 2.77 bits per heavy atom. The van der Waals surface area contributed by atoms with Gasteiger partial charge in [0.15, 0.2) is 0 Å². The van der Waals surface area contributed by atoms with E-state index in [2.05, 4.69) is 16.4 Å². The summed E-state index contributed by atoms with van der Waals surface area (Å²) < 4.78 is 7.09. The summed E-state index contributed by atoms with van der Waals surface area (Å²) in [6, 6.07) is 15.3. The molecule has 5 heteroatoms. The molecule has 0 aliphatic carbocycles. The van der Waals surface area contributed by atoms with Crippen molar-refractivity contribution >= 4 is 23.0 Å². The molecule has 0 atom stereocenters. The maximum Gasteiger partial charge on any atom is 0.244 e. The van der Waals surface area contributed by atoms with Gasteiger partial charge >= 0.3 is 0 Å². The van der Waals surface area contributed by atoms with E-state index in [-0.39, 0.29) is 12.3 Å². The van der Waals surface area contributed by atoms with E-state index in [0.717, 1.165) is 27.8 Å². The molecule has 3 rings (SSSR count). The van der Waals surface area contributed by atoms with E-state index in [1.807, 2.05) is 59.3 Å². The Bertz CT molecular complexity index is 979. The van der Waals surface area contributed by atoms with Crippen LogP contribution in [0.1, 0.15) is 11.1 Å². The number of hydrazone groups is 1. The Hall–Kier alpha value is -3.52. The first-order chi connectivity index (χ1) is 12.7. The molecule has 0 fully saturated rings. The van der Waals surface area contributed by atoms with E-state index in [9.17, 15) is 4.79 Å². The van der Waals surface area contributed by atoms with Crippen LogP contribution in [0.5, 0.6) is 5.75 Å². The fourth-order valence-electron chi connectivity index (χ4n) is 2.75. The van der Waals surface area contributed by atoms with Gasteiger partial charge in [0.05, 0.1) is 26.3 Å². The number of amides is 1. The van der Waals surface area contributed by atoms with E-state index < -0.39 is 0 Å². The zero-order valence-electron chi connectivity index (χ0n) is 14.5. The lowest BCUT2D eigenvalue weighted by atomic mass is 10.1. The number of nitrogens with zero attached hydrogens (tertiary/aromatic N) is 2. The number of terminal acetylenes is 1. The van der Waals surface area contributed by atoms with Crippen molar-refractivity contribution in [1.29, 1.82) is 0 Å². The molecule has 0 radical (unpaired) electrons. The molecule has 0 unspecified atom stereocenters. The van der Waals surface area contributed by atoms with Crippen LogP contribution >= 0.6 is 0 Å². The highest BCUT2D eigenvalue weighted by Crippen LogP contribution is 2.19. The van der Waals surface area contributed by atoms with Gasteiger partial charge in [0, 0.05) is 22.7 Å². The standard InChI is InChI=1S/C21H19N3O2/c1-3-12-24-15-17(19-6-4-5-7-20(19)24)14-22-23-21(25)13-16-8-10-18(26-2)11-9-16/h1,4-11,14-15H,12-13H2,2H3,(H,23,25)/b22-14-. The van der Waals surface area contributed by atoms with Crippen LogP contribution in [-0.2, 0) is 17.8 Å². The number of fused-ring (bicyclic) bond motifs is 1. The number of methoxy groups -OCH3 is 1. The third kappa shape index (κ3) is 3.93. The fraction of sp³-hybridized carbons (Fsp3) is 0.143. The predicted octanol–water partition coefficient (Wildman–Crippen LogP) is 2.98. The van der Waals surface area contributed by atoms with Crippen molar-refractivity contribution < 1.29 is 9.53 Å². The first kappa shape index (κ1) is 17.3. The number of aromatic nitrogens is 1. The summed E-state index contributed by atoms with van der Waals surface area (Å²) in [6.07, 6.45) is 9.25. The third-order valence-electron chi connectivity index (χ3n) is 4.00. The molecule has 0 aliphatic rings. The zero-order valence-corrected chi connectivity index (χ0v) is 14.5. The van der Waals surface area contributed by atoms with Gasteiger partial charge in [0.25, 0.3) is 0 Å². The molecule has 0 aliphatic heterocycles. The van der Waals surface area contributed by atoms with Crippen LogP contribution in [0.4, 0.5) is 0 Å². The largest absolute Gasteiger partial charge is 0.497 e. The molecule has 3 aromatic rings. The lowest BCUT2D eigenvalue weighted by Crippen LogP contribution is -2.19. The molecule has 1 aromatic heterocycles. The highest BCUT2D eigenvalue weighted by atomic mass is 16.5. The molecule has 1 N–H and O–H groups in total. The van der Waals surface area contributed by atoms with Gasteiger partial charge in [0.1, 0.15) is 5.75 Å². The number of hydrogen-bond acceptors (Lipinski definition) is 3. The Kier molecular flexibility index (Phi) is 5.35. The van der Waals surface area contributed by atoms with Crippen molar-refractivity contribution in [3.63, 3.8) is 0 Å². The number of benzene rings is 2. The first-order valence-electron chi connectivity index (χ1n) is 8.17. The number of para-hydroxylation sites is 1. The number of carbonyl (C=O) groups is 1. The minimum atomic E-state index is -0.182. The first-order valence-corrected chi connectivity index (χ1v) is 8.17. The second kappa shape index (κ2) is 8.04. The molecule has 1 heterocycles. The second-order valence-electron chi connectivity index (χ2n) is 5.75. The van der Waals surface area contributed by atoms with Crippen LogP contribution in [0, 0.1) is 12.3 Å². The molecule has 0 spiro atoms. The molecule has 0 saturated heterocycles. The Morgan fingerprint density at radius 2 is 2.04 bits per heavy atom. The lowest BCUT2D eigenvalue weighted by Gasteiger charge is -2.02. The number of hydrogen-bond donors (Lipinski definition) is 1. The van der Waals surface area contributed by atoms with Crippen molar-refractivity contribution in [2.45, 2.75) is 13.0 Å². The minimum absolute atomic E-state index is 0.182. The highest BCUT2D eigenvalue weighted by Gasteiger charge is 2.06. The molecule has 0 bridgehead atoms. The predicted molar refractivity (Wildman–Crippen MR) is 103 cm³/mol. The lowest BCUT2D eigenvalue weighted by molar-refractivity contribution is -0.120. The molecule has 5 nitrogen and oxygen atoms in total. The zero-order chi connectivity index (χ0) is 18.4. The number of nitrogens with one attached hydrogen (secondary N) is 1. The number of carbonyl (C=O) groups excluding carboxylic acids is 1. The van der Waals surface area contributed by atoms with Crippen molar-refractivity contribution in [2.24, 2.45) is 5.10 Å². The molecular weight excluding hydrogens is 326 g/mol. The monoisotopic (exact) mass is 345 g/mol. The van der Waals surface area contributed by atoms with Crippen molar-refractivity contribution in [3.8, 4) is 18.1 Å². The van der Waals surface area contributed by atoms with Gasteiger partial charge in [-0.15, -0.1) is 6.42 Å². The molecule has 1 amide bonds. The van der Waals surface area contributed by atoms with Crippen LogP contribution in [-0.4, -0.2) is 23.8 Å². The maximum atomic E-state index is 12.0. The van der Waals surface area contributed by atoms with Crippen molar-refractivity contribution in [3.05, 3.63) is 65.9 Å². The maximum absolute atomic E-state index is 12.0. The van der Waals surface area contributed by atoms with E-state index in [4.69, 9.17) is 11.2 Å². The second-order valence-corrected chi connectivity index (χ2v) is 5.75. The summed E-state index contributed by atoms with van der Waals surface area (Å²) in [6.45, 7) is 0.484. The van der Waals surface area contributed by atoms with Gasteiger partial charge < -0.3 is 9.30 Å². The average Bonchev–Trinajstić information content (AvgIpc) is 3.01. The molecule has 130 valence electrons. The fourth-order valence-corrected chi connectivity index (χ4v) is 2.75. The van der Waals surface area contributed by atoms with Gasteiger partial charge in [-0.3, -0.25) is 4.79 Å². The Morgan fingerprint density at radius 1 is 1.27 bits per heavy atom. The third-order valence-corrected chi connectivity index (χ3v) is 4.00. The van der Waals surface area contributed by atoms with E-state index in [1.165, 1.54) is 0 Å². The summed E-state index contributed by atoms with van der Waals surface area (Å²) in [5.41, 5.74) is 5.40. The Labute approximate surface area is 152 Å². The summed E-state index contributed by atoms with van der Waals surface area (Å²) in [5.74, 6) is 3.22. The van der Waals surface area contributed by atoms with Crippen molar-refractivity contribution in [1.82, 2.24) is 9.99 Å². The van der Waals surface area contributed by atoms with Crippen LogP contribution in [0.15, 0.2) is 59.8 Å². The van der Waals surface area contributed by atoms with Gasteiger partial charge in [-0.25, -0.2) is 5.43 Å². The molecule has 2 aromatic carbocycles.